The van der Waals surface area contributed by atoms with Crippen LogP contribution in [0.25, 0.3) is 0 Å². The minimum atomic E-state index is -0.433. The van der Waals surface area contributed by atoms with E-state index < -0.39 is 6.04 Å². The van der Waals surface area contributed by atoms with Crippen molar-refractivity contribution in [3.05, 3.63) is 0 Å². The molecule has 6 heteroatoms. The van der Waals surface area contributed by atoms with Crippen LogP contribution in [0.1, 0.15) is 33.1 Å². The van der Waals surface area contributed by atoms with Gasteiger partial charge in [-0.2, -0.15) is 0 Å². The molecule has 1 heterocycles. The van der Waals surface area contributed by atoms with Gasteiger partial charge in [-0.05, 0) is 12.8 Å². The maximum atomic E-state index is 12.3. The van der Waals surface area contributed by atoms with Gasteiger partial charge in [-0.1, -0.05) is 13.8 Å². The molecule has 1 saturated heterocycles. The summed E-state index contributed by atoms with van der Waals surface area (Å²) in [5.74, 6) is -0.196. The maximum Gasteiger partial charge on any atom is 0.247 e. The number of carbonyl (C=O) groups is 2. The van der Waals surface area contributed by atoms with E-state index in [4.69, 9.17) is 9.47 Å². The Bertz CT molecular complexity index is 331. The number of nitrogens with one attached hydrogen (secondary N) is 1. The quantitative estimate of drug-likeness (QED) is 0.627. The lowest BCUT2D eigenvalue weighted by atomic mass is 10.1. The van der Waals surface area contributed by atoms with Crippen molar-refractivity contribution < 1.29 is 19.1 Å². The standard InChI is InChI=1S/C14H26N2O4/c1-5-10(6-2)16-13(17)7-12(14(16)18)15-8-11(20-4)9-19-3/h10-12,15H,5-9H2,1-4H3. The zero-order valence-electron chi connectivity index (χ0n) is 12.8. The molecule has 0 bridgehead atoms. The van der Waals surface area contributed by atoms with Gasteiger partial charge in [0.05, 0.1) is 25.2 Å². The predicted octanol–water partition coefficient (Wildman–Crippen LogP) is 0.554. The van der Waals surface area contributed by atoms with Gasteiger partial charge >= 0.3 is 0 Å². The van der Waals surface area contributed by atoms with Crippen LogP contribution in [-0.4, -0.2) is 62.3 Å². The summed E-state index contributed by atoms with van der Waals surface area (Å²) in [6, 6.07) is -0.420. The average Bonchev–Trinajstić information content (AvgIpc) is 2.72. The first-order chi connectivity index (χ1) is 9.58. The summed E-state index contributed by atoms with van der Waals surface area (Å²) in [6.45, 7) is 4.93. The number of ether oxygens (including phenoxy) is 2. The van der Waals surface area contributed by atoms with Crippen LogP contribution in [0, 0.1) is 0 Å². The Hall–Kier alpha value is -0.980. The molecule has 2 amide bonds. The van der Waals surface area contributed by atoms with Crippen LogP contribution >= 0.6 is 0 Å². The summed E-state index contributed by atoms with van der Waals surface area (Å²) in [4.78, 5) is 25.7. The molecular weight excluding hydrogens is 260 g/mol. The second kappa shape index (κ2) is 8.34. The maximum absolute atomic E-state index is 12.3. The number of carbonyl (C=O) groups excluding carboxylic acids is 2. The monoisotopic (exact) mass is 286 g/mol. The molecular formula is C14H26N2O4. The van der Waals surface area contributed by atoms with E-state index in [0.717, 1.165) is 12.8 Å². The number of amides is 2. The zero-order valence-corrected chi connectivity index (χ0v) is 12.8. The van der Waals surface area contributed by atoms with Crippen molar-refractivity contribution in [2.75, 3.05) is 27.4 Å². The molecule has 0 aromatic rings. The van der Waals surface area contributed by atoms with Crippen LogP contribution in [0.2, 0.25) is 0 Å². The summed E-state index contributed by atoms with van der Waals surface area (Å²) in [7, 11) is 3.20. The van der Waals surface area contributed by atoms with Gasteiger partial charge in [0.1, 0.15) is 0 Å². The van der Waals surface area contributed by atoms with Gasteiger partial charge in [0.2, 0.25) is 11.8 Å². The smallest absolute Gasteiger partial charge is 0.247 e. The molecule has 1 N–H and O–H groups in total. The number of rotatable bonds is 9. The highest BCUT2D eigenvalue weighted by Gasteiger charge is 2.41. The Balaban J connectivity index is 2.57. The molecule has 1 aliphatic rings. The van der Waals surface area contributed by atoms with Crippen LogP contribution in [0.15, 0.2) is 0 Å². The topological polar surface area (TPSA) is 67.9 Å². The number of imide groups is 1. The molecule has 0 aromatic heterocycles. The van der Waals surface area contributed by atoms with Crippen LogP contribution in [0.3, 0.4) is 0 Å². The minimum absolute atomic E-state index is 0.0130. The first-order valence-electron chi connectivity index (χ1n) is 7.19. The molecule has 0 radical (unpaired) electrons. The lowest BCUT2D eigenvalue weighted by molar-refractivity contribution is -0.141. The Morgan fingerprint density at radius 2 is 1.95 bits per heavy atom. The van der Waals surface area contributed by atoms with Gasteiger partial charge in [0.25, 0.3) is 0 Å². The second-order valence-corrected chi connectivity index (χ2v) is 5.05. The zero-order chi connectivity index (χ0) is 15.1. The summed E-state index contributed by atoms with van der Waals surface area (Å²) < 4.78 is 10.3. The molecule has 116 valence electrons. The molecule has 1 aliphatic heterocycles. The van der Waals surface area contributed by atoms with Crippen LogP contribution < -0.4 is 5.32 Å². The summed E-state index contributed by atoms with van der Waals surface area (Å²) >= 11 is 0. The number of nitrogens with zero attached hydrogens (tertiary/aromatic N) is 1. The molecule has 1 rings (SSSR count). The predicted molar refractivity (Wildman–Crippen MR) is 75.3 cm³/mol. The van der Waals surface area contributed by atoms with Crippen molar-refractivity contribution in [3.63, 3.8) is 0 Å². The summed E-state index contributed by atoms with van der Waals surface area (Å²) in [5, 5.41) is 3.11. The van der Waals surface area contributed by atoms with Crippen molar-refractivity contribution in [3.8, 4) is 0 Å². The normalized spacial score (nSPS) is 21.1. The molecule has 2 unspecified atom stereocenters. The van der Waals surface area contributed by atoms with Crippen molar-refractivity contribution in [2.45, 2.75) is 51.3 Å². The third-order valence-corrected chi connectivity index (χ3v) is 3.77. The molecule has 6 nitrogen and oxygen atoms in total. The van der Waals surface area contributed by atoms with E-state index in [1.165, 1.54) is 4.90 Å². The fourth-order valence-electron chi connectivity index (χ4n) is 2.52. The second-order valence-electron chi connectivity index (χ2n) is 5.05. The van der Waals surface area contributed by atoms with Crippen LogP contribution in [-0.2, 0) is 19.1 Å². The Labute approximate surface area is 120 Å². The van der Waals surface area contributed by atoms with E-state index in [0.29, 0.717) is 13.2 Å². The Morgan fingerprint density at radius 3 is 2.45 bits per heavy atom. The number of methoxy groups -OCH3 is 2. The molecule has 0 saturated carbocycles. The van der Waals surface area contributed by atoms with Crippen molar-refractivity contribution in [1.82, 2.24) is 10.2 Å². The first-order valence-corrected chi connectivity index (χ1v) is 7.19. The highest BCUT2D eigenvalue weighted by Crippen LogP contribution is 2.20. The van der Waals surface area contributed by atoms with Gasteiger partial charge in [-0.15, -0.1) is 0 Å². The van der Waals surface area contributed by atoms with E-state index in [-0.39, 0.29) is 30.4 Å². The highest BCUT2D eigenvalue weighted by atomic mass is 16.5. The van der Waals surface area contributed by atoms with E-state index in [2.05, 4.69) is 5.32 Å². The largest absolute Gasteiger partial charge is 0.382 e. The highest BCUT2D eigenvalue weighted by molar-refractivity contribution is 6.05. The molecule has 0 spiro atoms. The van der Waals surface area contributed by atoms with Gasteiger partial charge in [0, 0.05) is 26.8 Å². The fourth-order valence-corrected chi connectivity index (χ4v) is 2.52. The van der Waals surface area contributed by atoms with Gasteiger partial charge < -0.3 is 14.8 Å². The Morgan fingerprint density at radius 1 is 1.30 bits per heavy atom. The molecule has 20 heavy (non-hydrogen) atoms. The molecule has 0 aromatic carbocycles. The van der Waals surface area contributed by atoms with E-state index in [1.54, 1.807) is 14.2 Å². The SMILES string of the molecule is CCC(CC)N1C(=O)CC(NCC(COC)OC)C1=O. The van der Waals surface area contributed by atoms with E-state index in [9.17, 15) is 9.59 Å². The van der Waals surface area contributed by atoms with Crippen molar-refractivity contribution in [1.29, 1.82) is 0 Å². The van der Waals surface area contributed by atoms with Gasteiger partial charge in [0.15, 0.2) is 0 Å². The third-order valence-electron chi connectivity index (χ3n) is 3.77. The van der Waals surface area contributed by atoms with Crippen LogP contribution in [0.5, 0.6) is 0 Å². The van der Waals surface area contributed by atoms with Crippen molar-refractivity contribution in [2.24, 2.45) is 0 Å². The molecule has 0 aliphatic carbocycles. The number of likely N-dealkylation sites (tertiary alicyclic amines) is 1. The van der Waals surface area contributed by atoms with Crippen molar-refractivity contribution >= 4 is 11.8 Å². The fraction of sp³-hybridized carbons (Fsp3) is 0.857. The molecule has 1 fully saturated rings. The third kappa shape index (κ3) is 4.01. The summed E-state index contributed by atoms with van der Waals surface area (Å²) in [6.07, 6.45) is 1.71. The molecule has 2 atom stereocenters. The minimum Gasteiger partial charge on any atom is -0.382 e. The van der Waals surface area contributed by atoms with Gasteiger partial charge in [-0.25, -0.2) is 0 Å². The van der Waals surface area contributed by atoms with Crippen LogP contribution in [0.4, 0.5) is 0 Å². The first kappa shape index (κ1) is 17.1. The summed E-state index contributed by atoms with van der Waals surface area (Å²) in [5.41, 5.74) is 0. The lowest BCUT2D eigenvalue weighted by Gasteiger charge is -2.24. The average molecular weight is 286 g/mol. The van der Waals surface area contributed by atoms with E-state index >= 15 is 0 Å². The number of hydrogen-bond donors (Lipinski definition) is 1. The lowest BCUT2D eigenvalue weighted by Crippen LogP contribution is -2.45. The van der Waals surface area contributed by atoms with Gasteiger partial charge in [-0.3, -0.25) is 14.5 Å². The van der Waals surface area contributed by atoms with E-state index in [1.807, 2.05) is 13.8 Å². The Kier molecular flexibility index (Phi) is 7.12. The number of hydrogen-bond acceptors (Lipinski definition) is 5.